The third-order valence-electron chi connectivity index (χ3n) is 2.74. The molecular weight excluding hydrogens is 334 g/mol. The van der Waals surface area contributed by atoms with Crippen LogP contribution in [0.4, 0.5) is 10.8 Å². The van der Waals surface area contributed by atoms with Crippen molar-refractivity contribution in [2.24, 2.45) is 0 Å². The summed E-state index contributed by atoms with van der Waals surface area (Å²) in [6.45, 7) is 0. The second-order valence-corrected chi connectivity index (χ2v) is 5.85. The van der Waals surface area contributed by atoms with E-state index in [0.717, 1.165) is 26.5 Å². The van der Waals surface area contributed by atoms with Crippen molar-refractivity contribution in [2.75, 3.05) is 10.9 Å². The number of hydrogen-bond donors (Lipinski definition) is 2. The van der Waals surface area contributed by atoms with Crippen LogP contribution in [-0.2, 0) is 0 Å². The van der Waals surface area contributed by atoms with Crippen molar-refractivity contribution in [1.29, 1.82) is 0 Å². The summed E-state index contributed by atoms with van der Waals surface area (Å²) in [5, 5.41) is 2.87. The molecule has 1 heterocycles. The van der Waals surface area contributed by atoms with Gasteiger partial charge in [0.15, 0.2) is 0 Å². The molecule has 3 nitrogen and oxygen atoms in total. The molecule has 0 unspecified atom stereocenters. The van der Waals surface area contributed by atoms with Crippen LogP contribution in [-0.4, -0.2) is 4.98 Å². The second kappa shape index (κ2) is 6.07. The first kappa shape index (κ1) is 13.1. The zero-order chi connectivity index (χ0) is 13.8. The van der Waals surface area contributed by atoms with Crippen LogP contribution in [0.3, 0.4) is 0 Å². The molecule has 0 amide bonds. The van der Waals surface area contributed by atoms with E-state index in [9.17, 15) is 0 Å². The minimum Gasteiger partial charge on any atom is -0.299 e. The molecule has 2 aromatic carbocycles. The Kier molecular flexibility index (Phi) is 3.99. The molecule has 0 aliphatic carbocycles. The number of hydrogen-bond acceptors (Lipinski definition) is 4. The predicted molar refractivity (Wildman–Crippen MR) is 88.9 cm³/mol. The van der Waals surface area contributed by atoms with Crippen LogP contribution in [0.2, 0.25) is 0 Å². The van der Waals surface area contributed by atoms with Gasteiger partial charge in [0.05, 0.1) is 11.4 Å². The van der Waals surface area contributed by atoms with E-state index in [1.165, 1.54) is 0 Å². The average Bonchev–Trinajstić information content (AvgIpc) is 2.95. The van der Waals surface area contributed by atoms with Crippen LogP contribution in [0.5, 0.6) is 0 Å². The number of thiazole rings is 1. The Morgan fingerprint density at radius 3 is 2.45 bits per heavy atom. The summed E-state index contributed by atoms with van der Waals surface area (Å²) < 4.78 is 1.05. The number of rotatable bonds is 4. The van der Waals surface area contributed by atoms with E-state index >= 15 is 0 Å². The second-order valence-electron chi connectivity index (χ2n) is 4.13. The third-order valence-corrected chi connectivity index (χ3v) is 4.19. The molecule has 0 saturated carbocycles. The van der Waals surface area contributed by atoms with Gasteiger partial charge in [-0.3, -0.25) is 10.9 Å². The summed E-state index contributed by atoms with van der Waals surface area (Å²) in [7, 11) is 0. The predicted octanol–water partition coefficient (Wildman–Crippen LogP) is 5.01. The van der Waals surface area contributed by atoms with Crippen LogP contribution in [0.25, 0.3) is 11.3 Å². The SMILES string of the molecule is Brc1ccccc1-c1csc(NNc2ccccc2)n1. The number of hydrazine groups is 1. The molecule has 5 heteroatoms. The van der Waals surface area contributed by atoms with Crippen LogP contribution < -0.4 is 10.9 Å². The number of anilines is 2. The lowest BCUT2D eigenvalue weighted by Crippen LogP contribution is -2.07. The molecule has 100 valence electrons. The van der Waals surface area contributed by atoms with Gasteiger partial charge in [-0.25, -0.2) is 4.98 Å². The highest BCUT2D eigenvalue weighted by Gasteiger charge is 2.07. The zero-order valence-electron chi connectivity index (χ0n) is 10.5. The van der Waals surface area contributed by atoms with E-state index in [0.29, 0.717) is 0 Å². The van der Waals surface area contributed by atoms with Crippen molar-refractivity contribution in [1.82, 2.24) is 4.98 Å². The van der Waals surface area contributed by atoms with Crippen molar-refractivity contribution in [3.8, 4) is 11.3 Å². The molecule has 0 aliphatic heterocycles. The molecule has 0 spiro atoms. The molecule has 0 saturated heterocycles. The van der Waals surface area contributed by atoms with Crippen molar-refractivity contribution in [3.63, 3.8) is 0 Å². The topological polar surface area (TPSA) is 37.0 Å². The minimum absolute atomic E-state index is 0.833. The molecule has 1 aromatic heterocycles. The molecule has 3 rings (SSSR count). The van der Waals surface area contributed by atoms with E-state index in [4.69, 9.17) is 0 Å². The highest BCUT2D eigenvalue weighted by molar-refractivity contribution is 9.10. The number of halogens is 1. The van der Waals surface area contributed by atoms with E-state index in [1.54, 1.807) is 11.3 Å². The van der Waals surface area contributed by atoms with Gasteiger partial charge in [-0.1, -0.05) is 52.3 Å². The Balaban J connectivity index is 1.73. The van der Waals surface area contributed by atoms with Gasteiger partial charge in [0, 0.05) is 15.4 Å². The smallest absolute Gasteiger partial charge is 0.202 e. The van der Waals surface area contributed by atoms with Crippen molar-refractivity contribution in [2.45, 2.75) is 0 Å². The average molecular weight is 346 g/mol. The number of nitrogens with one attached hydrogen (secondary N) is 2. The Morgan fingerprint density at radius 2 is 1.65 bits per heavy atom. The highest BCUT2D eigenvalue weighted by Crippen LogP contribution is 2.30. The van der Waals surface area contributed by atoms with Crippen LogP contribution in [0, 0.1) is 0 Å². The lowest BCUT2D eigenvalue weighted by atomic mass is 10.2. The maximum atomic E-state index is 4.57. The number of aromatic nitrogens is 1. The summed E-state index contributed by atoms with van der Waals surface area (Å²) in [6.07, 6.45) is 0. The molecule has 20 heavy (non-hydrogen) atoms. The molecule has 0 atom stereocenters. The Labute approximate surface area is 129 Å². The van der Waals surface area contributed by atoms with Crippen LogP contribution in [0.1, 0.15) is 0 Å². The number of benzene rings is 2. The number of para-hydroxylation sites is 1. The molecule has 0 aliphatic rings. The maximum Gasteiger partial charge on any atom is 0.202 e. The van der Waals surface area contributed by atoms with Crippen molar-refractivity contribution >= 4 is 38.1 Å². The summed E-state index contributed by atoms with van der Waals surface area (Å²) in [5.41, 5.74) is 9.30. The van der Waals surface area contributed by atoms with E-state index < -0.39 is 0 Å². The summed E-state index contributed by atoms with van der Waals surface area (Å²) in [6, 6.07) is 18.0. The molecule has 0 radical (unpaired) electrons. The molecular formula is C15H12BrN3S. The molecule has 2 N–H and O–H groups in total. The van der Waals surface area contributed by atoms with Crippen molar-refractivity contribution < 1.29 is 0 Å². The van der Waals surface area contributed by atoms with Gasteiger partial charge in [-0.2, -0.15) is 0 Å². The van der Waals surface area contributed by atoms with Gasteiger partial charge in [0.2, 0.25) is 5.13 Å². The maximum absolute atomic E-state index is 4.57. The Hall–Kier alpha value is -1.85. The first-order chi connectivity index (χ1) is 9.83. The summed E-state index contributed by atoms with van der Waals surface area (Å²) in [4.78, 5) is 4.57. The quantitative estimate of drug-likeness (QED) is 0.652. The van der Waals surface area contributed by atoms with E-state index in [2.05, 4.69) is 31.8 Å². The summed E-state index contributed by atoms with van der Waals surface area (Å²) >= 11 is 5.11. The van der Waals surface area contributed by atoms with Gasteiger partial charge in [-0.15, -0.1) is 11.3 Å². The first-order valence-corrected chi connectivity index (χ1v) is 7.78. The van der Waals surface area contributed by atoms with Gasteiger partial charge < -0.3 is 0 Å². The minimum atomic E-state index is 0.833. The normalized spacial score (nSPS) is 10.2. The molecule has 0 fully saturated rings. The Morgan fingerprint density at radius 1 is 0.900 bits per heavy atom. The standard InChI is InChI=1S/C15H12BrN3S/c16-13-9-5-4-8-12(13)14-10-20-15(17-14)19-18-11-6-2-1-3-7-11/h1-10,18H,(H,17,19). The highest BCUT2D eigenvalue weighted by atomic mass is 79.9. The van der Waals surface area contributed by atoms with Gasteiger partial charge >= 0.3 is 0 Å². The van der Waals surface area contributed by atoms with Gasteiger partial charge in [0.1, 0.15) is 0 Å². The van der Waals surface area contributed by atoms with Crippen LogP contribution in [0.15, 0.2) is 64.5 Å². The van der Waals surface area contributed by atoms with Crippen LogP contribution >= 0.6 is 27.3 Å². The summed E-state index contributed by atoms with van der Waals surface area (Å²) in [5.74, 6) is 0. The fourth-order valence-electron chi connectivity index (χ4n) is 1.77. The molecule has 3 aromatic rings. The zero-order valence-corrected chi connectivity index (χ0v) is 12.9. The third kappa shape index (κ3) is 3.00. The van der Waals surface area contributed by atoms with Crippen molar-refractivity contribution in [3.05, 3.63) is 64.5 Å². The number of nitrogens with zero attached hydrogens (tertiary/aromatic N) is 1. The Bertz CT molecular complexity index is 697. The lowest BCUT2D eigenvalue weighted by Gasteiger charge is -2.05. The van der Waals surface area contributed by atoms with Gasteiger partial charge in [0.25, 0.3) is 0 Å². The first-order valence-electron chi connectivity index (χ1n) is 6.10. The fraction of sp³-hybridized carbons (Fsp3) is 0. The molecule has 0 bridgehead atoms. The fourth-order valence-corrected chi connectivity index (χ4v) is 2.92. The van der Waals surface area contributed by atoms with Gasteiger partial charge in [-0.05, 0) is 18.2 Å². The monoisotopic (exact) mass is 345 g/mol. The lowest BCUT2D eigenvalue weighted by molar-refractivity contribution is 1.33. The largest absolute Gasteiger partial charge is 0.299 e. The van der Waals surface area contributed by atoms with E-state index in [1.807, 2.05) is 60.0 Å². The van der Waals surface area contributed by atoms with E-state index in [-0.39, 0.29) is 0 Å².